The van der Waals surface area contributed by atoms with Crippen molar-refractivity contribution in [2.24, 2.45) is 0 Å². The van der Waals surface area contributed by atoms with Crippen LogP contribution in [-0.4, -0.2) is 20.9 Å². The monoisotopic (exact) mass is 348 g/mol. The Kier molecular flexibility index (Phi) is 3.62. The van der Waals surface area contributed by atoms with Gasteiger partial charge in [-0.05, 0) is 42.5 Å². The van der Waals surface area contributed by atoms with Crippen molar-refractivity contribution in [1.29, 1.82) is 0 Å². The molecule has 25 heavy (non-hydrogen) atoms. The van der Waals surface area contributed by atoms with Crippen LogP contribution in [0.2, 0.25) is 0 Å². The Bertz CT molecular complexity index is 1240. The van der Waals surface area contributed by atoms with Gasteiger partial charge in [0.1, 0.15) is 0 Å². The van der Waals surface area contributed by atoms with Crippen LogP contribution in [0.15, 0.2) is 59.5 Å². The van der Waals surface area contributed by atoms with Crippen LogP contribution in [0.1, 0.15) is 10.4 Å². The second-order valence-electron chi connectivity index (χ2n) is 5.54. The SMILES string of the molecule is O=C(Nc1cnc2ccccc2c1)c1ccc2c(=O)[nH]c(=S)[nH]c2c1. The van der Waals surface area contributed by atoms with Gasteiger partial charge in [0.15, 0.2) is 4.77 Å². The van der Waals surface area contributed by atoms with Crippen molar-refractivity contribution in [2.75, 3.05) is 5.32 Å². The number of pyridine rings is 1. The lowest BCUT2D eigenvalue weighted by Crippen LogP contribution is -2.13. The van der Waals surface area contributed by atoms with Crippen LogP contribution in [0, 0.1) is 4.77 Å². The van der Waals surface area contributed by atoms with Gasteiger partial charge in [-0.1, -0.05) is 18.2 Å². The van der Waals surface area contributed by atoms with Crippen LogP contribution < -0.4 is 10.9 Å². The molecule has 0 aliphatic rings. The fourth-order valence-electron chi connectivity index (χ4n) is 2.65. The number of hydrogen-bond acceptors (Lipinski definition) is 4. The van der Waals surface area contributed by atoms with E-state index in [4.69, 9.17) is 12.2 Å². The maximum absolute atomic E-state index is 12.5. The summed E-state index contributed by atoms with van der Waals surface area (Å²) < 4.78 is 0.216. The standard InChI is InChI=1S/C18H12N4O2S/c23-16(20-12-7-10-3-1-2-4-14(10)19-9-12)11-5-6-13-15(8-11)21-18(25)22-17(13)24/h1-9H,(H,20,23)(H2,21,22,24,25). The summed E-state index contributed by atoms with van der Waals surface area (Å²) in [6, 6.07) is 14.3. The Labute approximate surface area is 146 Å². The van der Waals surface area contributed by atoms with Crippen molar-refractivity contribution >= 4 is 45.6 Å². The first-order valence-electron chi connectivity index (χ1n) is 7.53. The Balaban J connectivity index is 1.69. The van der Waals surface area contributed by atoms with Crippen molar-refractivity contribution in [3.63, 3.8) is 0 Å². The average molecular weight is 348 g/mol. The molecule has 2 aromatic heterocycles. The number of hydrogen-bond donors (Lipinski definition) is 3. The summed E-state index contributed by atoms with van der Waals surface area (Å²) in [5.74, 6) is -0.293. The van der Waals surface area contributed by atoms with E-state index in [1.807, 2.05) is 30.3 Å². The number of anilines is 1. The number of fused-ring (bicyclic) bond motifs is 2. The smallest absolute Gasteiger partial charge is 0.259 e. The number of carbonyl (C=O) groups excluding carboxylic acids is 1. The molecule has 3 N–H and O–H groups in total. The van der Waals surface area contributed by atoms with Crippen molar-refractivity contribution in [3.05, 3.63) is 75.4 Å². The van der Waals surface area contributed by atoms with Gasteiger partial charge in [-0.25, -0.2) is 0 Å². The van der Waals surface area contributed by atoms with Crippen molar-refractivity contribution in [3.8, 4) is 0 Å². The van der Waals surface area contributed by atoms with E-state index in [9.17, 15) is 9.59 Å². The number of nitrogens with zero attached hydrogens (tertiary/aromatic N) is 1. The van der Waals surface area contributed by atoms with Crippen molar-refractivity contribution in [2.45, 2.75) is 0 Å². The zero-order valence-corrected chi connectivity index (χ0v) is 13.7. The van der Waals surface area contributed by atoms with E-state index in [-0.39, 0.29) is 16.2 Å². The van der Waals surface area contributed by atoms with E-state index in [2.05, 4.69) is 20.3 Å². The molecule has 0 radical (unpaired) electrons. The molecule has 0 aliphatic heterocycles. The lowest BCUT2D eigenvalue weighted by atomic mass is 10.1. The molecule has 2 heterocycles. The van der Waals surface area contributed by atoms with Crippen LogP contribution in [0.3, 0.4) is 0 Å². The molecular weight excluding hydrogens is 336 g/mol. The molecule has 0 fully saturated rings. The largest absolute Gasteiger partial charge is 0.332 e. The fraction of sp³-hybridized carbons (Fsp3) is 0. The topological polar surface area (TPSA) is 90.6 Å². The Morgan fingerprint density at radius 2 is 1.92 bits per heavy atom. The number of rotatable bonds is 2. The highest BCUT2D eigenvalue weighted by atomic mass is 32.1. The van der Waals surface area contributed by atoms with Gasteiger partial charge >= 0.3 is 0 Å². The van der Waals surface area contributed by atoms with Gasteiger partial charge < -0.3 is 10.3 Å². The predicted molar refractivity (Wildman–Crippen MR) is 99.4 cm³/mol. The van der Waals surface area contributed by atoms with Crippen LogP contribution in [0.4, 0.5) is 5.69 Å². The lowest BCUT2D eigenvalue weighted by Gasteiger charge is -2.07. The predicted octanol–water partition coefficient (Wildman–Crippen LogP) is 3.39. The molecule has 0 bridgehead atoms. The van der Waals surface area contributed by atoms with Crippen LogP contribution in [0.5, 0.6) is 0 Å². The molecule has 4 aromatic rings. The number of nitrogens with one attached hydrogen (secondary N) is 3. The summed E-state index contributed by atoms with van der Waals surface area (Å²) in [6.45, 7) is 0. The molecule has 7 heteroatoms. The highest BCUT2D eigenvalue weighted by Crippen LogP contribution is 2.17. The van der Waals surface area contributed by atoms with E-state index in [1.54, 1.807) is 24.4 Å². The summed E-state index contributed by atoms with van der Waals surface area (Å²) in [7, 11) is 0. The lowest BCUT2D eigenvalue weighted by molar-refractivity contribution is 0.102. The number of carbonyl (C=O) groups is 1. The van der Waals surface area contributed by atoms with Crippen LogP contribution >= 0.6 is 12.2 Å². The third-order valence-corrected chi connectivity index (χ3v) is 4.05. The van der Waals surface area contributed by atoms with E-state index in [0.717, 1.165) is 10.9 Å². The van der Waals surface area contributed by atoms with Crippen molar-refractivity contribution < 1.29 is 4.79 Å². The molecule has 0 saturated heterocycles. The number of benzene rings is 2. The van der Waals surface area contributed by atoms with Gasteiger partial charge in [-0.2, -0.15) is 0 Å². The Morgan fingerprint density at radius 3 is 2.80 bits per heavy atom. The zero-order valence-electron chi connectivity index (χ0n) is 12.9. The minimum Gasteiger partial charge on any atom is -0.332 e. The molecule has 0 atom stereocenters. The van der Waals surface area contributed by atoms with Gasteiger partial charge in [-0.3, -0.25) is 19.6 Å². The minimum atomic E-state index is -0.293. The van der Waals surface area contributed by atoms with E-state index in [0.29, 0.717) is 22.2 Å². The molecule has 1 amide bonds. The summed E-state index contributed by atoms with van der Waals surface area (Å²) in [4.78, 5) is 34.1. The highest BCUT2D eigenvalue weighted by Gasteiger charge is 2.09. The number of amides is 1. The van der Waals surface area contributed by atoms with Gasteiger partial charge in [-0.15, -0.1) is 0 Å². The number of aromatic amines is 2. The molecule has 4 rings (SSSR count). The summed E-state index contributed by atoms with van der Waals surface area (Å²) in [6.07, 6.45) is 1.61. The summed E-state index contributed by atoms with van der Waals surface area (Å²) >= 11 is 4.97. The first kappa shape index (κ1) is 15.2. The molecule has 0 saturated carbocycles. The Hall–Kier alpha value is -3.32. The van der Waals surface area contributed by atoms with E-state index >= 15 is 0 Å². The first-order valence-corrected chi connectivity index (χ1v) is 7.93. The zero-order chi connectivity index (χ0) is 17.4. The molecule has 6 nitrogen and oxygen atoms in total. The Morgan fingerprint density at radius 1 is 1.08 bits per heavy atom. The summed E-state index contributed by atoms with van der Waals surface area (Å²) in [5.41, 5.74) is 2.10. The third-order valence-electron chi connectivity index (χ3n) is 3.85. The molecular formula is C18H12N4O2S. The quantitative estimate of drug-likeness (QED) is 0.484. The molecule has 0 unspecified atom stereocenters. The van der Waals surface area contributed by atoms with Crippen molar-refractivity contribution in [1.82, 2.24) is 15.0 Å². The molecule has 122 valence electrons. The maximum atomic E-state index is 12.5. The van der Waals surface area contributed by atoms with Gasteiger partial charge in [0, 0.05) is 10.9 Å². The number of aromatic nitrogens is 3. The summed E-state index contributed by atoms with van der Waals surface area (Å²) in [5, 5.41) is 4.20. The van der Waals surface area contributed by atoms with Crippen LogP contribution in [-0.2, 0) is 0 Å². The number of H-pyrrole nitrogens is 2. The van der Waals surface area contributed by atoms with Crippen LogP contribution in [0.25, 0.3) is 21.8 Å². The number of para-hydroxylation sites is 1. The third kappa shape index (κ3) is 2.92. The van der Waals surface area contributed by atoms with E-state index in [1.165, 1.54) is 0 Å². The average Bonchev–Trinajstić information content (AvgIpc) is 2.61. The maximum Gasteiger partial charge on any atom is 0.259 e. The van der Waals surface area contributed by atoms with Gasteiger partial charge in [0.25, 0.3) is 11.5 Å². The first-order chi connectivity index (χ1) is 12.1. The second-order valence-corrected chi connectivity index (χ2v) is 5.95. The normalized spacial score (nSPS) is 10.9. The van der Waals surface area contributed by atoms with Gasteiger partial charge in [0.05, 0.1) is 28.3 Å². The fourth-order valence-corrected chi connectivity index (χ4v) is 2.86. The minimum absolute atomic E-state index is 0.216. The van der Waals surface area contributed by atoms with E-state index < -0.39 is 0 Å². The van der Waals surface area contributed by atoms with Gasteiger partial charge in [0.2, 0.25) is 0 Å². The molecule has 2 aromatic carbocycles. The highest BCUT2D eigenvalue weighted by molar-refractivity contribution is 7.71. The molecule has 0 aliphatic carbocycles. The molecule has 0 spiro atoms. The second kappa shape index (κ2) is 5.95.